The molecule has 7 nitrogen and oxygen atoms in total. The van der Waals surface area contributed by atoms with Crippen LogP contribution in [0.1, 0.15) is 18.9 Å². The third-order valence-corrected chi connectivity index (χ3v) is 5.81. The summed E-state index contributed by atoms with van der Waals surface area (Å²) in [5.41, 5.74) is 4.55. The molecule has 0 bridgehead atoms. The zero-order valence-corrected chi connectivity index (χ0v) is 16.6. The van der Waals surface area contributed by atoms with E-state index in [2.05, 4.69) is 14.8 Å². The molecule has 0 aliphatic rings. The van der Waals surface area contributed by atoms with Gasteiger partial charge in [-0.1, -0.05) is 31.2 Å². The van der Waals surface area contributed by atoms with Crippen molar-refractivity contribution >= 4 is 10.0 Å². The summed E-state index contributed by atoms with van der Waals surface area (Å²) in [5, 5.41) is 13.8. The molecule has 28 heavy (non-hydrogen) atoms. The van der Waals surface area contributed by atoms with Crippen LogP contribution in [0.3, 0.4) is 0 Å². The summed E-state index contributed by atoms with van der Waals surface area (Å²) in [6, 6.07) is 11.5. The number of rotatable bonds is 9. The largest absolute Gasteiger partial charge is 0.394 e. The lowest BCUT2D eigenvalue weighted by molar-refractivity contribution is 0.269. The van der Waals surface area contributed by atoms with E-state index in [1.165, 1.54) is 0 Å². The minimum absolute atomic E-state index is 0.00768. The highest BCUT2D eigenvalue weighted by molar-refractivity contribution is 7.89. The van der Waals surface area contributed by atoms with Crippen molar-refractivity contribution in [2.24, 2.45) is 0 Å². The number of nitrogens with zero attached hydrogens (tertiary/aromatic N) is 3. The lowest BCUT2D eigenvalue weighted by atomic mass is 10.0. The SMILES string of the molecule is CCCS(=O)(=O)NCc1ccc(-c2cn(CCO)nc2-c2ccncc2)cc1. The number of aliphatic hydroxyl groups is 1. The van der Waals surface area contributed by atoms with Gasteiger partial charge in [-0.3, -0.25) is 9.67 Å². The predicted molar refractivity (Wildman–Crippen MR) is 109 cm³/mol. The van der Waals surface area contributed by atoms with E-state index in [-0.39, 0.29) is 18.9 Å². The van der Waals surface area contributed by atoms with Gasteiger partial charge in [0, 0.05) is 36.3 Å². The van der Waals surface area contributed by atoms with E-state index in [0.717, 1.165) is 27.9 Å². The van der Waals surface area contributed by atoms with Crippen LogP contribution in [-0.4, -0.2) is 40.6 Å². The molecule has 1 aromatic carbocycles. The summed E-state index contributed by atoms with van der Waals surface area (Å²) in [6.07, 6.45) is 5.93. The topological polar surface area (TPSA) is 97.1 Å². The van der Waals surface area contributed by atoms with Crippen molar-refractivity contribution in [1.82, 2.24) is 19.5 Å². The molecule has 0 saturated heterocycles. The van der Waals surface area contributed by atoms with Crippen LogP contribution in [0.4, 0.5) is 0 Å². The normalized spacial score (nSPS) is 11.6. The minimum Gasteiger partial charge on any atom is -0.394 e. The minimum atomic E-state index is -3.23. The number of hydrogen-bond donors (Lipinski definition) is 2. The molecule has 2 aromatic heterocycles. The van der Waals surface area contributed by atoms with Gasteiger partial charge in [0.05, 0.1) is 18.9 Å². The molecular formula is C20H24N4O3S. The number of benzene rings is 1. The Balaban J connectivity index is 1.85. The first-order valence-electron chi connectivity index (χ1n) is 9.18. The number of aliphatic hydroxyl groups excluding tert-OH is 1. The van der Waals surface area contributed by atoms with Crippen LogP contribution in [0, 0.1) is 0 Å². The van der Waals surface area contributed by atoms with Gasteiger partial charge in [-0.05, 0) is 29.7 Å². The monoisotopic (exact) mass is 400 g/mol. The van der Waals surface area contributed by atoms with Crippen LogP contribution in [0.5, 0.6) is 0 Å². The predicted octanol–water partition coefficient (Wildman–Crippen LogP) is 2.43. The molecule has 0 saturated carbocycles. The zero-order valence-electron chi connectivity index (χ0n) is 15.7. The van der Waals surface area contributed by atoms with E-state index in [1.807, 2.05) is 49.5 Å². The standard InChI is InChI=1S/C20H24N4O3S/c1-2-13-28(26,27)22-14-16-3-5-17(6-4-16)19-15-24(11-12-25)23-20(19)18-7-9-21-10-8-18/h3-10,15,22,25H,2,11-14H2,1H3. The highest BCUT2D eigenvalue weighted by Gasteiger charge is 2.14. The molecule has 3 rings (SSSR count). The average Bonchev–Trinajstić information content (AvgIpc) is 3.12. The van der Waals surface area contributed by atoms with E-state index < -0.39 is 10.0 Å². The lowest BCUT2D eigenvalue weighted by Gasteiger charge is -2.07. The fourth-order valence-electron chi connectivity index (χ4n) is 2.91. The van der Waals surface area contributed by atoms with Crippen molar-refractivity contribution in [3.63, 3.8) is 0 Å². The van der Waals surface area contributed by atoms with Gasteiger partial charge in [-0.15, -0.1) is 0 Å². The number of sulfonamides is 1. The average molecular weight is 401 g/mol. The Morgan fingerprint density at radius 2 is 1.79 bits per heavy atom. The molecule has 0 radical (unpaired) electrons. The van der Waals surface area contributed by atoms with Gasteiger partial charge in [-0.2, -0.15) is 5.10 Å². The van der Waals surface area contributed by atoms with Gasteiger partial charge in [0.2, 0.25) is 10.0 Å². The van der Waals surface area contributed by atoms with Gasteiger partial charge in [0.25, 0.3) is 0 Å². The molecule has 0 aliphatic carbocycles. The van der Waals surface area contributed by atoms with Crippen molar-refractivity contribution < 1.29 is 13.5 Å². The number of pyridine rings is 1. The fourth-order valence-corrected chi connectivity index (χ4v) is 3.98. The highest BCUT2D eigenvalue weighted by Crippen LogP contribution is 2.31. The van der Waals surface area contributed by atoms with Crippen LogP contribution in [0.15, 0.2) is 55.0 Å². The van der Waals surface area contributed by atoms with E-state index >= 15 is 0 Å². The van der Waals surface area contributed by atoms with Crippen molar-refractivity contribution in [3.8, 4) is 22.4 Å². The van der Waals surface area contributed by atoms with Crippen molar-refractivity contribution in [2.75, 3.05) is 12.4 Å². The van der Waals surface area contributed by atoms with Crippen molar-refractivity contribution in [2.45, 2.75) is 26.4 Å². The second-order valence-electron chi connectivity index (χ2n) is 6.45. The Hall–Kier alpha value is -2.55. The van der Waals surface area contributed by atoms with E-state index in [1.54, 1.807) is 17.1 Å². The van der Waals surface area contributed by atoms with Gasteiger partial charge in [-0.25, -0.2) is 13.1 Å². The summed E-state index contributed by atoms with van der Waals surface area (Å²) < 4.78 is 28.0. The van der Waals surface area contributed by atoms with Crippen LogP contribution in [0.2, 0.25) is 0 Å². The first kappa shape index (κ1) is 20.2. The van der Waals surface area contributed by atoms with Crippen LogP contribution < -0.4 is 4.72 Å². The smallest absolute Gasteiger partial charge is 0.211 e. The van der Waals surface area contributed by atoms with Gasteiger partial charge in [0.15, 0.2) is 0 Å². The van der Waals surface area contributed by atoms with Crippen LogP contribution in [0.25, 0.3) is 22.4 Å². The summed E-state index contributed by atoms with van der Waals surface area (Å²) in [4.78, 5) is 4.05. The molecule has 0 fully saturated rings. The zero-order chi connectivity index (χ0) is 20.0. The number of hydrogen-bond acceptors (Lipinski definition) is 5. The fraction of sp³-hybridized carbons (Fsp3) is 0.300. The van der Waals surface area contributed by atoms with Gasteiger partial charge < -0.3 is 5.11 Å². The number of nitrogens with one attached hydrogen (secondary N) is 1. The molecule has 0 spiro atoms. The number of aromatic nitrogens is 3. The molecule has 2 N–H and O–H groups in total. The van der Waals surface area contributed by atoms with Crippen LogP contribution in [-0.2, 0) is 23.1 Å². The quantitative estimate of drug-likeness (QED) is 0.575. The van der Waals surface area contributed by atoms with Crippen LogP contribution >= 0.6 is 0 Å². The Morgan fingerprint density at radius 3 is 2.43 bits per heavy atom. The van der Waals surface area contributed by atoms with Crippen molar-refractivity contribution in [1.29, 1.82) is 0 Å². The van der Waals surface area contributed by atoms with E-state index in [0.29, 0.717) is 13.0 Å². The summed E-state index contributed by atoms with van der Waals surface area (Å²) >= 11 is 0. The molecule has 0 unspecified atom stereocenters. The Kier molecular flexibility index (Phi) is 6.56. The molecule has 3 aromatic rings. The molecule has 0 aliphatic heterocycles. The first-order chi connectivity index (χ1) is 13.5. The Bertz CT molecular complexity index is 1000. The summed E-state index contributed by atoms with van der Waals surface area (Å²) in [7, 11) is -3.23. The van der Waals surface area contributed by atoms with Gasteiger partial charge in [0.1, 0.15) is 5.69 Å². The maximum absolute atomic E-state index is 11.8. The van der Waals surface area contributed by atoms with Gasteiger partial charge >= 0.3 is 0 Å². The third kappa shape index (κ3) is 5.03. The maximum atomic E-state index is 11.8. The molecule has 148 valence electrons. The Morgan fingerprint density at radius 1 is 1.07 bits per heavy atom. The lowest BCUT2D eigenvalue weighted by Crippen LogP contribution is -2.25. The summed E-state index contributed by atoms with van der Waals surface area (Å²) in [6.45, 7) is 2.53. The second-order valence-corrected chi connectivity index (χ2v) is 8.38. The third-order valence-electron chi connectivity index (χ3n) is 4.28. The molecule has 0 atom stereocenters. The molecule has 8 heteroatoms. The molecule has 2 heterocycles. The highest BCUT2D eigenvalue weighted by atomic mass is 32.2. The Labute approximate surface area is 165 Å². The maximum Gasteiger partial charge on any atom is 0.211 e. The molecule has 0 amide bonds. The molecular weight excluding hydrogens is 376 g/mol. The first-order valence-corrected chi connectivity index (χ1v) is 10.8. The van der Waals surface area contributed by atoms with Crippen molar-refractivity contribution in [3.05, 3.63) is 60.6 Å². The summed E-state index contributed by atoms with van der Waals surface area (Å²) in [5.74, 6) is 0.129. The van der Waals surface area contributed by atoms with E-state index in [9.17, 15) is 13.5 Å². The van der Waals surface area contributed by atoms with E-state index in [4.69, 9.17) is 0 Å². The second kappa shape index (κ2) is 9.09.